The van der Waals surface area contributed by atoms with Crippen LogP contribution in [0, 0.1) is 0 Å². The summed E-state index contributed by atoms with van der Waals surface area (Å²) in [5.74, 6) is 0. The molecule has 0 aromatic rings. The maximum atomic E-state index is 11.1. The van der Waals surface area contributed by atoms with Gasteiger partial charge in [0.15, 0.2) is 0 Å². The van der Waals surface area contributed by atoms with Gasteiger partial charge >= 0.3 is 0 Å². The summed E-state index contributed by atoms with van der Waals surface area (Å²) in [4.78, 5) is 0. The van der Waals surface area contributed by atoms with Gasteiger partial charge in [0.1, 0.15) is 0 Å². The van der Waals surface area contributed by atoms with E-state index < -0.39 is 20.0 Å². The Morgan fingerprint density at radius 2 is 1.67 bits per heavy atom. The molecule has 0 aliphatic heterocycles. The molecule has 0 fully saturated rings. The van der Waals surface area contributed by atoms with Crippen molar-refractivity contribution in [1.82, 2.24) is 9.03 Å². The summed E-state index contributed by atoms with van der Waals surface area (Å²) in [6, 6.07) is 0. The Hall–Kier alpha value is -0.180. The van der Waals surface area contributed by atoms with Gasteiger partial charge < -0.3 is 0 Å². The van der Waals surface area contributed by atoms with E-state index in [1.54, 1.807) is 6.92 Å². The standard InChI is InChI=1S/C7H18N2O4S2/c1-4-9(15(3,12)13)7-5-6-8-14(2,10)11/h8H,4-7H2,1-3H3. The molecule has 0 aromatic carbocycles. The van der Waals surface area contributed by atoms with Crippen molar-refractivity contribution in [2.45, 2.75) is 13.3 Å². The summed E-state index contributed by atoms with van der Waals surface area (Å²) < 4.78 is 47.3. The minimum atomic E-state index is -3.18. The van der Waals surface area contributed by atoms with Gasteiger partial charge in [0.05, 0.1) is 12.5 Å². The minimum absolute atomic E-state index is 0.255. The Morgan fingerprint density at radius 3 is 2.00 bits per heavy atom. The van der Waals surface area contributed by atoms with Crippen LogP contribution in [-0.4, -0.2) is 53.3 Å². The van der Waals surface area contributed by atoms with Gasteiger partial charge in [-0.3, -0.25) is 0 Å². The van der Waals surface area contributed by atoms with E-state index in [0.717, 1.165) is 12.5 Å². The van der Waals surface area contributed by atoms with Crippen LogP contribution in [-0.2, 0) is 20.0 Å². The molecule has 0 aliphatic rings. The molecule has 0 heterocycles. The van der Waals surface area contributed by atoms with Gasteiger partial charge in [-0.05, 0) is 6.42 Å². The highest BCUT2D eigenvalue weighted by Crippen LogP contribution is 1.98. The monoisotopic (exact) mass is 258 g/mol. The molecule has 0 saturated heterocycles. The number of nitrogens with one attached hydrogen (secondary N) is 1. The van der Waals surface area contributed by atoms with Crippen molar-refractivity contribution >= 4 is 20.0 Å². The van der Waals surface area contributed by atoms with Crippen LogP contribution in [0.1, 0.15) is 13.3 Å². The Labute approximate surface area is 91.8 Å². The van der Waals surface area contributed by atoms with Gasteiger partial charge in [-0.15, -0.1) is 0 Å². The largest absolute Gasteiger partial charge is 0.215 e. The summed E-state index contributed by atoms with van der Waals surface area (Å²) in [6.07, 6.45) is 2.68. The van der Waals surface area contributed by atoms with Crippen LogP contribution >= 0.6 is 0 Å². The third-order valence-electron chi connectivity index (χ3n) is 1.77. The van der Waals surface area contributed by atoms with Crippen LogP contribution in [0.5, 0.6) is 0 Å². The molecule has 0 bridgehead atoms. The third kappa shape index (κ3) is 7.71. The zero-order valence-electron chi connectivity index (χ0n) is 9.23. The molecule has 0 unspecified atom stereocenters. The third-order valence-corrected chi connectivity index (χ3v) is 3.88. The van der Waals surface area contributed by atoms with Gasteiger partial charge in [-0.2, -0.15) is 0 Å². The first-order chi connectivity index (χ1) is 6.67. The maximum absolute atomic E-state index is 11.1. The highest BCUT2D eigenvalue weighted by Gasteiger charge is 2.13. The van der Waals surface area contributed by atoms with Gasteiger partial charge in [0.2, 0.25) is 20.0 Å². The Morgan fingerprint density at radius 1 is 1.13 bits per heavy atom. The SMILES string of the molecule is CCN(CCCNS(C)(=O)=O)S(C)(=O)=O. The second-order valence-corrected chi connectivity index (χ2v) is 7.09. The molecular formula is C7H18N2O4S2. The Balaban J connectivity index is 3.95. The van der Waals surface area contributed by atoms with Crippen LogP contribution in [0.4, 0.5) is 0 Å². The number of nitrogens with zero attached hydrogens (tertiary/aromatic N) is 1. The first-order valence-electron chi connectivity index (χ1n) is 4.56. The lowest BCUT2D eigenvalue weighted by Crippen LogP contribution is -2.33. The highest BCUT2D eigenvalue weighted by molar-refractivity contribution is 7.88. The summed E-state index contributed by atoms with van der Waals surface area (Å²) in [7, 11) is -6.36. The average molecular weight is 258 g/mol. The molecule has 0 aromatic heterocycles. The molecule has 0 amide bonds. The maximum Gasteiger partial charge on any atom is 0.211 e. The van der Waals surface area contributed by atoms with Gasteiger partial charge in [0, 0.05) is 19.6 Å². The zero-order chi connectivity index (χ0) is 12.1. The average Bonchev–Trinajstić information content (AvgIpc) is 1.99. The van der Waals surface area contributed by atoms with Crippen LogP contribution < -0.4 is 4.72 Å². The smallest absolute Gasteiger partial charge is 0.211 e. The molecule has 8 heteroatoms. The van der Waals surface area contributed by atoms with E-state index in [9.17, 15) is 16.8 Å². The fraction of sp³-hybridized carbons (Fsp3) is 1.00. The summed E-state index contributed by atoms with van der Waals surface area (Å²) in [5.41, 5.74) is 0. The van der Waals surface area contributed by atoms with Crippen molar-refractivity contribution in [1.29, 1.82) is 0 Å². The zero-order valence-corrected chi connectivity index (χ0v) is 10.9. The summed E-state index contributed by atoms with van der Waals surface area (Å²) >= 11 is 0. The van der Waals surface area contributed by atoms with Crippen LogP contribution in [0.25, 0.3) is 0 Å². The normalized spacial score (nSPS) is 13.3. The molecule has 0 atom stereocenters. The van der Waals surface area contributed by atoms with Crippen molar-refractivity contribution < 1.29 is 16.8 Å². The molecule has 0 radical (unpaired) electrons. The molecule has 0 rings (SSSR count). The molecule has 92 valence electrons. The van der Waals surface area contributed by atoms with E-state index in [1.807, 2.05) is 0 Å². The molecule has 0 saturated carbocycles. The van der Waals surface area contributed by atoms with Gasteiger partial charge in [0.25, 0.3) is 0 Å². The molecule has 15 heavy (non-hydrogen) atoms. The van der Waals surface area contributed by atoms with Gasteiger partial charge in [-0.1, -0.05) is 6.92 Å². The first-order valence-corrected chi connectivity index (χ1v) is 8.30. The number of sulfonamides is 2. The lowest BCUT2D eigenvalue weighted by molar-refractivity contribution is 0.424. The number of hydrogen-bond acceptors (Lipinski definition) is 4. The second kappa shape index (κ2) is 5.78. The summed E-state index contributed by atoms with van der Waals surface area (Å²) in [5, 5.41) is 0. The predicted octanol–water partition coefficient (Wildman–Crippen LogP) is -0.793. The van der Waals surface area contributed by atoms with E-state index in [-0.39, 0.29) is 6.54 Å². The predicted molar refractivity (Wildman–Crippen MR) is 59.6 cm³/mol. The van der Waals surface area contributed by atoms with Crippen LogP contribution in [0.2, 0.25) is 0 Å². The molecule has 1 N–H and O–H groups in total. The molecule has 0 aliphatic carbocycles. The van der Waals surface area contributed by atoms with E-state index in [4.69, 9.17) is 0 Å². The number of hydrogen-bond donors (Lipinski definition) is 1. The first kappa shape index (κ1) is 14.8. The van der Waals surface area contributed by atoms with Crippen molar-refractivity contribution in [2.75, 3.05) is 32.1 Å². The van der Waals surface area contributed by atoms with E-state index in [1.165, 1.54) is 4.31 Å². The van der Waals surface area contributed by atoms with E-state index >= 15 is 0 Å². The highest BCUT2D eigenvalue weighted by atomic mass is 32.2. The molecular weight excluding hydrogens is 240 g/mol. The lowest BCUT2D eigenvalue weighted by Gasteiger charge is -2.17. The van der Waals surface area contributed by atoms with Crippen molar-refractivity contribution in [3.05, 3.63) is 0 Å². The van der Waals surface area contributed by atoms with Gasteiger partial charge in [-0.25, -0.2) is 25.9 Å². The molecule has 6 nitrogen and oxygen atoms in total. The minimum Gasteiger partial charge on any atom is -0.215 e. The van der Waals surface area contributed by atoms with Crippen molar-refractivity contribution in [3.8, 4) is 0 Å². The summed E-state index contributed by atoms with van der Waals surface area (Å²) in [6.45, 7) is 2.73. The van der Waals surface area contributed by atoms with Crippen LogP contribution in [0.15, 0.2) is 0 Å². The Kier molecular flexibility index (Phi) is 5.71. The topological polar surface area (TPSA) is 83.6 Å². The van der Waals surface area contributed by atoms with Crippen LogP contribution in [0.3, 0.4) is 0 Å². The lowest BCUT2D eigenvalue weighted by atomic mass is 10.4. The van der Waals surface area contributed by atoms with Crippen molar-refractivity contribution in [2.24, 2.45) is 0 Å². The van der Waals surface area contributed by atoms with E-state index in [2.05, 4.69) is 4.72 Å². The fourth-order valence-corrected chi connectivity index (χ4v) is 2.52. The number of rotatable bonds is 7. The second-order valence-electron chi connectivity index (χ2n) is 3.27. The van der Waals surface area contributed by atoms with E-state index in [0.29, 0.717) is 19.5 Å². The fourth-order valence-electron chi connectivity index (χ4n) is 1.07. The Bertz CT molecular complexity index is 374. The quantitative estimate of drug-likeness (QED) is 0.606. The molecule has 0 spiro atoms. The van der Waals surface area contributed by atoms with Crippen molar-refractivity contribution in [3.63, 3.8) is 0 Å².